The molecule has 1 aliphatic rings. The van der Waals surface area contributed by atoms with E-state index in [1.165, 1.54) is 19.1 Å². The molecule has 3 unspecified atom stereocenters. The lowest BCUT2D eigenvalue weighted by Gasteiger charge is -2.23. The minimum absolute atomic E-state index is 0.00753. The van der Waals surface area contributed by atoms with Gasteiger partial charge in [-0.1, -0.05) is 35.5 Å². The van der Waals surface area contributed by atoms with Crippen LogP contribution in [0.25, 0.3) is 11.3 Å². The Hall–Kier alpha value is -11.5. The van der Waals surface area contributed by atoms with E-state index in [9.17, 15) is 73.2 Å². The molecule has 3 atom stereocenters. The van der Waals surface area contributed by atoms with Gasteiger partial charge in [-0.3, -0.25) is 33.8 Å². The molecule has 50 heteroatoms. The van der Waals surface area contributed by atoms with Gasteiger partial charge in [0.1, 0.15) is 35.3 Å². The number of nitrogens with zero attached hydrogens (tertiary/aromatic N) is 7. The Kier molecular flexibility index (Phi) is 67.2. The van der Waals surface area contributed by atoms with E-state index < -0.39 is 65.9 Å². The first-order valence-corrected chi connectivity index (χ1v) is 50.0. The van der Waals surface area contributed by atoms with Crippen molar-refractivity contribution >= 4 is 94.2 Å². The molecule has 4 heterocycles. The molecule has 2 aromatic carbocycles. The molecule has 0 saturated carbocycles. The second kappa shape index (κ2) is 79.6. The number of carbonyl (C=O) groups excluding carboxylic acids is 6. The van der Waals surface area contributed by atoms with Crippen molar-refractivity contribution in [2.45, 2.75) is 135 Å². The first-order valence-electron chi connectivity index (χ1n) is 49.6. The number of aromatic carboxylic acids is 2. The summed E-state index contributed by atoms with van der Waals surface area (Å²) in [5.41, 5.74) is 4.38. The summed E-state index contributed by atoms with van der Waals surface area (Å²) in [4.78, 5) is 146. The van der Waals surface area contributed by atoms with Crippen LogP contribution < -0.4 is 57.9 Å². The molecular weight excluding hydrogens is 1950 g/mol. The van der Waals surface area contributed by atoms with Crippen LogP contribution in [-0.2, 0) is 131 Å². The van der Waals surface area contributed by atoms with Crippen molar-refractivity contribution in [3.05, 3.63) is 113 Å². The molecule has 15 N–H and O–H groups in total. The SMILES string of the molecule is CC(=O)NCCCCC(NC(=O)CCOCCOCCOCCOCCOCCOCCOCCOCCNC(=O)C(CCCCNC(=S)Nc1ccc(CCOc2cc(CN3CCOCCOCCN(Cc4cccc(C(=O)O)n4)CCOCCOCC3)nc(C(=O)O)c2)cc1)NC(=O)CCOCCOCCOCCn1cc(-c2cccc(NC(=O)NCCCCC(NC(=O)NCCCC(=O)O)C(=O)O)c2)nn1)C(=O)O. The van der Waals surface area contributed by atoms with E-state index in [2.05, 4.69) is 83.2 Å². The Morgan fingerprint density at radius 1 is 0.408 bits per heavy atom. The third-order valence-corrected chi connectivity index (χ3v) is 21.6. The van der Waals surface area contributed by atoms with E-state index in [-0.39, 0.29) is 160 Å². The molecule has 0 bridgehead atoms. The molecule has 5 aromatic rings. The Balaban J connectivity index is 0.836. The molecule has 8 amide bonds. The number of aromatic nitrogens is 5. The van der Waals surface area contributed by atoms with Gasteiger partial charge in [-0.15, -0.1) is 5.10 Å². The fourth-order valence-corrected chi connectivity index (χ4v) is 13.9. The Labute approximate surface area is 860 Å². The van der Waals surface area contributed by atoms with E-state index in [0.29, 0.717) is 282 Å². The van der Waals surface area contributed by atoms with Crippen LogP contribution in [0.3, 0.4) is 0 Å². The van der Waals surface area contributed by atoms with Gasteiger partial charge < -0.3 is 154 Å². The third-order valence-electron chi connectivity index (χ3n) is 21.4. The van der Waals surface area contributed by atoms with Crippen LogP contribution in [0, 0.1) is 0 Å². The molecule has 0 radical (unpaired) electrons. The van der Waals surface area contributed by atoms with Crippen LogP contribution in [0.1, 0.15) is 128 Å². The predicted molar refractivity (Wildman–Crippen MR) is 536 cm³/mol. The average Bonchev–Trinajstić information content (AvgIpc) is 0.958. The number of ether oxygens (including phenoxy) is 16. The van der Waals surface area contributed by atoms with Gasteiger partial charge in [0, 0.05) is 134 Å². The maximum atomic E-state index is 13.7. The van der Waals surface area contributed by atoms with Gasteiger partial charge in [0.15, 0.2) is 10.8 Å². The zero-order valence-corrected chi connectivity index (χ0v) is 84.7. The molecule has 3 aromatic heterocycles. The number of carboxylic acid groups (broad SMARTS) is 5. The van der Waals surface area contributed by atoms with Crippen molar-refractivity contribution in [3.63, 3.8) is 0 Å². The largest absolute Gasteiger partial charge is 0.493 e. The van der Waals surface area contributed by atoms with Crippen LogP contribution in [0.5, 0.6) is 5.75 Å². The number of carboxylic acids is 5. The van der Waals surface area contributed by atoms with E-state index >= 15 is 0 Å². The van der Waals surface area contributed by atoms with Gasteiger partial charge in [0.25, 0.3) is 0 Å². The number of urea groups is 2. The number of anilines is 2. The summed E-state index contributed by atoms with van der Waals surface area (Å²) in [5, 5.41) is 83.7. The van der Waals surface area contributed by atoms with Gasteiger partial charge in [-0.2, -0.15) is 0 Å². The lowest BCUT2D eigenvalue weighted by molar-refractivity contribution is -0.142. The van der Waals surface area contributed by atoms with Gasteiger partial charge >= 0.3 is 41.9 Å². The molecule has 147 heavy (non-hydrogen) atoms. The number of amides is 8. The summed E-state index contributed by atoms with van der Waals surface area (Å²) in [6.45, 7) is 15.6. The Morgan fingerprint density at radius 2 is 0.864 bits per heavy atom. The van der Waals surface area contributed by atoms with Crippen LogP contribution in [0.4, 0.5) is 21.0 Å². The molecular formula is C97H149N17O32S. The number of thiocarbonyl (C=S) groups is 1. The Morgan fingerprint density at radius 3 is 1.38 bits per heavy atom. The number of rotatable bonds is 77. The van der Waals surface area contributed by atoms with Crippen molar-refractivity contribution in [1.29, 1.82) is 0 Å². The van der Waals surface area contributed by atoms with Crippen LogP contribution in [-0.4, -0.2) is 413 Å². The summed E-state index contributed by atoms with van der Waals surface area (Å²) in [5.74, 6) is -6.62. The average molecular weight is 2100 g/mol. The monoisotopic (exact) mass is 2100 g/mol. The number of pyridine rings is 2. The zero-order chi connectivity index (χ0) is 106. The van der Waals surface area contributed by atoms with Crippen LogP contribution in [0.15, 0.2) is 85.1 Å². The highest BCUT2D eigenvalue weighted by molar-refractivity contribution is 7.80. The van der Waals surface area contributed by atoms with E-state index in [1.54, 1.807) is 47.3 Å². The second-order valence-corrected chi connectivity index (χ2v) is 33.6. The molecule has 1 aliphatic heterocycles. The molecule has 1 fully saturated rings. The maximum absolute atomic E-state index is 13.7. The summed E-state index contributed by atoms with van der Waals surface area (Å²) < 4.78 is 93.1. The van der Waals surface area contributed by atoms with Crippen LogP contribution >= 0.6 is 12.2 Å². The smallest absolute Gasteiger partial charge is 0.354 e. The highest BCUT2D eigenvalue weighted by atomic mass is 32.1. The Bertz CT molecular complexity index is 4560. The molecule has 6 rings (SSSR count). The lowest BCUT2D eigenvalue weighted by Crippen LogP contribution is -2.47. The molecule has 49 nitrogen and oxygen atoms in total. The molecule has 0 aliphatic carbocycles. The number of benzene rings is 2. The number of hydrogen-bond acceptors (Lipinski definition) is 34. The molecule has 820 valence electrons. The van der Waals surface area contributed by atoms with Crippen LogP contribution in [0.2, 0.25) is 0 Å². The van der Waals surface area contributed by atoms with Crippen molar-refractivity contribution in [1.82, 2.24) is 77.3 Å². The minimum Gasteiger partial charge on any atom is -0.493 e. The topological polar surface area (TPSA) is 620 Å². The summed E-state index contributed by atoms with van der Waals surface area (Å²) >= 11 is 5.65. The van der Waals surface area contributed by atoms with E-state index in [0.717, 1.165) is 11.3 Å². The first-order chi connectivity index (χ1) is 71.4. The highest BCUT2D eigenvalue weighted by Gasteiger charge is 2.25. The van der Waals surface area contributed by atoms with E-state index in [1.807, 2.05) is 30.3 Å². The number of hydrogen-bond donors (Lipinski definition) is 15. The second-order valence-electron chi connectivity index (χ2n) is 33.2. The standard InChI is InChI=1S/C97H149N17O32S/c1-73(115)98-26-5-3-15-83(92(123)124)108-88(117)25-37-132-46-54-140-57-59-142-61-63-144-65-66-145-64-62-143-60-58-141-55-47-133-39-30-99-90(120)81(107-87(116)24-36-131-45-53-139-56-52-138-44-35-114-72-86(110-111-114)75-11-8-12-77(67-75)105-95(129)100-27-6-4-16-84(93(125)126)109-96(130)101-29-10-18-89(118)119)14-2-7-28-102-97(147)106-76-21-19-74(20-22-76)23-38-146-80-68-79(104-85(69-80)94(127)128)71-113-33-42-136-50-48-134-40-31-112(32-41-135-49-51-137-43-34-113)70-78-13-9-17-82(103-78)91(121)122/h8-9,11-13,17,19-22,67-69,72,81,83-84H,2-7,10,14-16,18,23-66,70-71H2,1H3,(H,98,115)(H,99,120)(H,107,116)(H,108,117)(H,118,119)(H,121,122)(H,123,124)(H,125,126)(H,127,128)(H2,100,105,129)(H2,101,109,130)(H2,102,106,147). The fraction of sp³-hybridized carbons (Fsp3) is 0.629. The third kappa shape index (κ3) is 62.4. The number of aliphatic carboxylic acids is 3. The predicted octanol–water partition coefficient (Wildman–Crippen LogP) is 3.64. The lowest BCUT2D eigenvalue weighted by atomic mass is 10.1. The normalized spacial score (nSPS) is 13.7. The van der Waals surface area contributed by atoms with Gasteiger partial charge in [0.05, 0.1) is 229 Å². The van der Waals surface area contributed by atoms with Crippen molar-refractivity contribution in [2.24, 2.45) is 0 Å². The molecule has 1 saturated heterocycles. The van der Waals surface area contributed by atoms with Gasteiger partial charge in [0.2, 0.25) is 23.6 Å². The molecule has 0 spiro atoms. The summed E-state index contributed by atoms with van der Waals surface area (Å²) in [7, 11) is 0. The quantitative estimate of drug-likeness (QED) is 0.0195. The highest BCUT2D eigenvalue weighted by Crippen LogP contribution is 2.22. The van der Waals surface area contributed by atoms with Crippen molar-refractivity contribution < 1.29 is 154 Å². The number of unbranched alkanes of at least 4 members (excludes halogenated alkanes) is 3. The summed E-state index contributed by atoms with van der Waals surface area (Å²) in [6, 6.07) is 18.5. The number of nitrogens with one attached hydrogen (secondary N) is 10. The number of carbonyl (C=O) groups is 11. The zero-order valence-electron chi connectivity index (χ0n) is 83.9. The fourth-order valence-electron chi connectivity index (χ4n) is 13.7. The minimum atomic E-state index is -1.22. The van der Waals surface area contributed by atoms with Crippen molar-refractivity contribution in [3.8, 4) is 17.0 Å². The first kappa shape index (κ1) is 124. The van der Waals surface area contributed by atoms with Crippen molar-refractivity contribution in [2.75, 3.05) is 274 Å². The van der Waals surface area contributed by atoms with E-state index in [4.69, 9.17) is 93.1 Å². The summed E-state index contributed by atoms with van der Waals surface area (Å²) in [6.07, 6.45) is 6.07. The van der Waals surface area contributed by atoms with Gasteiger partial charge in [-0.05, 0) is 118 Å². The maximum Gasteiger partial charge on any atom is 0.354 e. The van der Waals surface area contributed by atoms with Gasteiger partial charge in [-0.25, -0.2) is 43.4 Å².